The predicted molar refractivity (Wildman–Crippen MR) is 227 cm³/mol. The molecule has 10 aromatic rings. The lowest BCUT2D eigenvalue weighted by Gasteiger charge is -2.26. The SMILES string of the molecule is Cc1ccc(N(c2ccc(C)cc2)c2ccc(-c3c4ccccc4c(-c4ccc5sc6ccccc6c5c4)c4cc5ccccc5cc34)cc2)cc1. The second-order valence-corrected chi connectivity index (χ2v) is 15.0. The minimum Gasteiger partial charge on any atom is -0.311 e. The molecule has 0 atom stereocenters. The number of hydrogen-bond donors (Lipinski definition) is 0. The monoisotopic (exact) mass is 681 g/mol. The summed E-state index contributed by atoms with van der Waals surface area (Å²) in [4.78, 5) is 2.35. The molecule has 0 fully saturated rings. The highest BCUT2D eigenvalue weighted by Gasteiger charge is 2.19. The van der Waals surface area contributed by atoms with Crippen LogP contribution in [0, 0.1) is 13.8 Å². The number of rotatable bonds is 5. The maximum absolute atomic E-state index is 2.42. The van der Waals surface area contributed by atoms with Gasteiger partial charge in [0.15, 0.2) is 0 Å². The van der Waals surface area contributed by atoms with Crippen LogP contribution in [0.15, 0.2) is 176 Å². The highest BCUT2D eigenvalue weighted by Crippen LogP contribution is 2.47. The van der Waals surface area contributed by atoms with Gasteiger partial charge in [-0.25, -0.2) is 0 Å². The van der Waals surface area contributed by atoms with E-state index in [4.69, 9.17) is 0 Å². The summed E-state index contributed by atoms with van der Waals surface area (Å²) in [5.41, 5.74) is 10.9. The third-order valence-electron chi connectivity index (χ3n) is 10.6. The van der Waals surface area contributed by atoms with Crippen molar-refractivity contribution < 1.29 is 0 Å². The largest absolute Gasteiger partial charge is 0.311 e. The number of aryl methyl sites for hydroxylation is 2. The second kappa shape index (κ2) is 12.2. The minimum atomic E-state index is 1.13. The number of fused-ring (bicyclic) bond motifs is 6. The summed E-state index contributed by atoms with van der Waals surface area (Å²) in [6.07, 6.45) is 0. The molecule has 0 radical (unpaired) electrons. The molecule has 9 aromatic carbocycles. The molecule has 0 aliphatic rings. The fraction of sp³-hybridized carbons (Fsp3) is 0.0400. The van der Waals surface area contributed by atoms with E-state index >= 15 is 0 Å². The summed E-state index contributed by atoms with van der Waals surface area (Å²) in [7, 11) is 0. The van der Waals surface area contributed by atoms with Crippen LogP contribution < -0.4 is 4.90 Å². The fourth-order valence-corrected chi connectivity index (χ4v) is 9.07. The van der Waals surface area contributed by atoms with E-state index in [-0.39, 0.29) is 0 Å². The van der Waals surface area contributed by atoms with Gasteiger partial charge in [-0.2, -0.15) is 0 Å². The first-order chi connectivity index (χ1) is 25.6. The molecule has 1 aromatic heterocycles. The van der Waals surface area contributed by atoms with Crippen molar-refractivity contribution in [3.8, 4) is 22.3 Å². The van der Waals surface area contributed by atoms with E-state index in [1.807, 2.05) is 11.3 Å². The minimum absolute atomic E-state index is 1.13. The normalized spacial score (nSPS) is 11.7. The van der Waals surface area contributed by atoms with E-state index in [0.717, 1.165) is 17.1 Å². The number of anilines is 3. The molecule has 0 unspecified atom stereocenters. The number of nitrogens with zero attached hydrogens (tertiary/aromatic N) is 1. The number of thiophene rings is 1. The van der Waals surface area contributed by atoms with Crippen LogP contribution in [-0.4, -0.2) is 0 Å². The van der Waals surface area contributed by atoms with Gasteiger partial charge in [0.25, 0.3) is 0 Å². The van der Waals surface area contributed by atoms with Gasteiger partial charge in [0, 0.05) is 37.2 Å². The van der Waals surface area contributed by atoms with Crippen LogP contribution in [0.1, 0.15) is 11.1 Å². The van der Waals surface area contributed by atoms with Gasteiger partial charge in [-0.15, -0.1) is 11.3 Å². The quantitative estimate of drug-likeness (QED) is 0.163. The molecule has 1 heterocycles. The molecule has 1 nitrogen and oxygen atoms in total. The standard InChI is InChI=1S/C50H35NS/c1-32-15-22-38(23-16-32)51(39-24-17-33(2)18-25-39)40-26-19-34(20-27-40)49-42-12-5-6-13-43(42)50(46-30-36-10-4-3-9-35(36)29-45(46)49)37-21-28-48-44(31-37)41-11-7-8-14-47(41)52-48/h3-31H,1-2H3. The highest BCUT2D eigenvalue weighted by atomic mass is 32.1. The van der Waals surface area contributed by atoms with Crippen molar-refractivity contribution in [2.45, 2.75) is 13.8 Å². The average Bonchev–Trinajstić information content (AvgIpc) is 3.56. The summed E-state index contributed by atoms with van der Waals surface area (Å²) in [6.45, 7) is 4.28. The van der Waals surface area contributed by atoms with Gasteiger partial charge in [0.05, 0.1) is 0 Å². The molecule has 0 N–H and O–H groups in total. The van der Waals surface area contributed by atoms with Gasteiger partial charge >= 0.3 is 0 Å². The molecule has 10 rings (SSSR count). The van der Waals surface area contributed by atoms with Crippen LogP contribution in [-0.2, 0) is 0 Å². The second-order valence-electron chi connectivity index (χ2n) is 13.9. The highest BCUT2D eigenvalue weighted by molar-refractivity contribution is 7.25. The van der Waals surface area contributed by atoms with Crippen LogP contribution in [0.25, 0.3) is 74.7 Å². The van der Waals surface area contributed by atoms with Gasteiger partial charge in [-0.1, -0.05) is 120 Å². The Balaban J connectivity index is 1.21. The summed E-state index contributed by atoms with van der Waals surface area (Å²) in [6, 6.07) is 65.2. The summed E-state index contributed by atoms with van der Waals surface area (Å²) in [5, 5.41) is 10.2. The van der Waals surface area contributed by atoms with Crippen molar-refractivity contribution in [1.29, 1.82) is 0 Å². The van der Waals surface area contributed by atoms with Crippen LogP contribution in [0.4, 0.5) is 17.1 Å². The van der Waals surface area contributed by atoms with Gasteiger partial charge in [-0.05, 0) is 135 Å². The van der Waals surface area contributed by atoms with Crippen molar-refractivity contribution in [2.24, 2.45) is 0 Å². The van der Waals surface area contributed by atoms with Crippen molar-refractivity contribution >= 4 is 80.9 Å². The molecule has 246 valence electrons. The van der Waals surface area contributed by atoms with Crippen molar-refractivity contribution in [1.82, 2.24) is 0 Å². The van der Waals surface area contributed by atoms with Crippen molar-refractivity contribution in [3.63, 3.8) is 0 Å². The Morgan fingerprint density at radius 1 is 0.346 bits per heavy atom. The topological polar surface area (TPSA) is 3.24 Å². The molecule has 0 amide bonds. The Hall–Kier alpha value is -6.22. The maximum Gasteiger partial charge on any atom is 0.0462 e. The van der Waals surface area contributed by atoms with Gasteiger partial charge < -0.3 is 4.90 Å². The molecule has 0 aliphatic carbocycles. The van der Waals surface area contributed by atoms with Crippen molar-refractivity contribution in [2.75, 3.05) is 4.90 Å². The van der Waals surface area contributed by atoms with Gasteiger partial charge in [-0.3, -0.25) is 0 Å². The third-order valence-corrected chi connectivity index (χ3v) is 11.7. The number of hydrogen-bond acceptors (Lipinski definition) is 2. The number of benzene rings is 9. The zero-order valence-corrected chi connectivity index (χ0v) is 29.9. The molecule has 0 spiro atoms. The Morgan fingerprint density at radius 2 is 0.788 bits per heavy atom. The van der Waals surface area contributed by atoms with E-state index in [9.17, 15) is 0 Å². The van der Waals surface area contributed by atoms with Crippen LogP contribution in [0.5, 0.6) is 0 Å². The van der Waals surface area contributed by atoms with Gasteiger partial charge in [0.2, 0.25) is 0 Å². The molecule has 0 bridgehead atoms. The molecule has 52 heavy (non-hydrogen) atoms. The van der Waals surface area contributed by atoms with Crippen LogP contribution in [0.2, 0.25) is 0 Å². The smallest absolute Gasteiger partial charge is 0.0462 e. The van der Waals surface area contributed by atoms with Crippen molar-refractivity contribution in [3.05, 3.63) is 187 Å². The zero-order chi connectivity index (χ0) is 34.8. The Bertz CT molecular complexity index is 2910. The molecule has 0 saturated heterocycles. The average molecular weight is 682 g/mol. The lowest BCUT2D eigenvalue weighted by atomic mass is 9.84. The maximum atomic E-state index is 2.42. The van der Waals surface area contributed by atoms with E-state index in [0.29, 0.717) is 0 Å². The van der Waals surface area contributed by atoms with E-state index in [2.05, 4.69) is 195 Å². The lowest BCUT2D eigenvalue weighted by Crippen LogP contribution is -2.09. The summed E-state index contributed by atoms with van der Waals surface area (Å²) >= 11 is 1.87. The van der Waals surface area contributed by atoms with Gasteiger partial charge in [0.1, 0.15) is 0 Å². The fourth-order valence-electron chi connectivity index (χ4n) is 7.98. The lowest BCUT2D eigenvalue weighted by molar-refractivity contribution is 1.27. The van der Waals surface area contributed by atoms with E-state index in [1.165, 1.54) is 85.9 Å². The van der Waals surface area contributed by atoms with E-state index in [1.54, 1.807) is 0 Å². The molecule has 0 saturated carbocycles. The third kappa shape index (κ3) is 5.06. The molecule has 2 heteroatoms. The Kier molecular flexibility index (Phi) is 7.19. The molecule has 0 aliphatic heterocycles. The first kappa shape index (κ1) is 30.6. The first-order valence-electron chi connectivity index (χ1n) is 17.9. The molecular weight excluding hydrogens is 647 g/mol. The van der Waals surface area contributed by atoms with Crippen LogP contribution >= 0.6 is 11.3 Å². The molecular formula is C50H35NS. The summed E-state index contributed by atoms with van der Waals surface area (Å²) < 4.78 is 2.66. The predicted octanol–water partition coefficient (Wildman–Crippen LogP) is 14.9. The Labute approximate surface area is 307 Å². The summed E-state index contributed by atoms with van der Waals surface area (Å²) in [5.74, 6) is 0. The first-order valence-corrected chi connectivity index (χ1v) is 18.7. The zero-order valence-electron chi connectivity index (χ0n) is 29.1. The Morgan fingerprint density at radius 3 is 1.37 bits per heavy atom. The van der Waals surface area contributed by atoms with Crippen LogP contribution in [0.3, 0.4) is 0 Å². The van der Waals surface area contributed by atoms with E-state index < -0.39 is 0 Å².